The van der Waals surface area contributed by atoms with E-state index in [1.165, 1.54) is 31.2 Å². The fraction of sp³-hybridized carbons (Fsp3) is 0.462. The Hall–Kier alpha value is -1.51. The van der Waals surface area contributed by atoms with Crippen LogP contribution in [0, 0.1) is 0 Å². The van der Waals surface area contributed by atoms with Gasteiger partial charge < -0.3 is 10.1 Å². The molecule has 1 aliphatic carbocycles. The monoisotopic (exact) mass is 219 g/mol. The maximum absolute atomic E-state index is 11.2. The number of para-hydroxylation sites is 1. The van der Waals surface area contributed by atoms with Gasteiger partial charge in [0.05, 0.1) is 0 Å². The largest absolute Gasteiger partial charge is 0.412 e. The Morgan fingerprint density at radius 3 is 2.69 bits per heavy atom. The zero-order valence-corrected chi connectivity index (χ0v) is 9.53. The molecule has 1 N–H and O–H groups in total. The average molecular weight is 219 g/mol. The third-order valence-corrected chi connectivity index (χ3v) is 3.12. The molecule has 0 bridgehead atoms. The van der Waals surface area contributed by atoms with Crippen LogP contribution in [-0.4, -0.2) is 13.1 Å². The predicted octanol–water partition coefficient (Wildman–Crippen LogP) is 3.06. The van der Waals surface area contributed by atoms with E-state index in [0.29, 0.717) is 11.7 Å². The zero-order chi connectivity index (χ0) is 11.4. The predicted molar refractivity (Wildman–Crippen MR) is 62.7 cm³/mol. The summed E-state index contributed by atoms with van der Waals surface area (Å²) in [4.78, 5) is 11.2. The molecule has 1 aromatic rings. The maximum Gasteiger partial charge on any atom is 0.412 e. The highest BCUT2D eigenvalue weighted by Crippen LogP contribution is 2.38. The SMILES string of the molecule is CNC(=O)Oc1ccccc1C1CCCC1. The van der Waals surface area contributed by atoms with Crippen molar-refractivity contribution >= 4 is 6.09 Å². The fourth-order valence-corrected chi connectivity index (χ4v) is 2.30. The van der Waals surface area contributed by atoms with Crippen molar-refractivity contribution in [1.82, 2.24) is 5.32 Å². The summed E-state index contributed by atoms with van der Waals surface area (Å²) in [6.45, 7) is 0. The summed E-state index contributed by atoms with van der Waals surface area (Å²) in [7, 11) is 1.57. The van der Waals surface area contributed by atoms with E-state index in [1.807, 2.05) is 18.2 Å². The quantitative estimate of drug-likeness (QED) is 0.830. The van der Waals surface area contributed by atoms with Gasteiger partial charge in [0, 0.05) is 7.05 Å². The van der Waals surface area contributed by atoms with Gasteiger partial charge in [-0.25, -0.2) is 4.79 Å². The molecule has 0 unspecified atom stereocenters. The maximum atomic E-state index is 11.2. The summed E-state index contributed by atoms with van der Waals surface area (Å²) in [5.41, 5.74) is 1.17. The molecule has 0 radical (unpaired) electrons. The number of carbonyl (C=O) groups excluding carboxylic acids is 1. The van der Waals surface area contributed by atoms with Gasteiger partial charge in [0.15, 0.2) is 0 Å². The van der Waals surface area contributed by atoms with Gasteiger partial charge in [-0.05, 0) is 30.4 Å². The lowest BCUT2D eigenvalue weighted by Crippen LogP contribution is -2.22. The number of rotatable bonds is 2. The Morgan fingerprint density at radius 1 is 1.31 bits per heavy atom. The molecule has 1 saturated carbocycles. The number of nitrogens with one attached hydrogen (secondary N) is 1. The number of hydrogen-bond acceptors (Lipinski definition) is 2. The Balaban J connectivity index is 2.19. The first-order valence-electron chi connectivity index (χ1n) is 5.79. The van der Waals surface area contributed by atoms with E-state index in [9.17, 15) is 4.79 Å². The minimum atomic E-state index is -0.398. The summed E-state index contributed by atoms with van der Waals surface area (Å²) in [5.74, 6) is 1.26. The van der Waals surface area contributed by atoms with Crippen LogP contribution < -0.4 is 10.1 Å². The normalized spacial score (nSPS) is 16.1. The van der Waals surface area contributed by atoms with Crippen molar-refractivity contribution in [3.8, 4) is 5.75 Å². The van der Waals surface area contributed by atoms with E-state index in [-0.39, 0.29) is 0 Å². The Labute approximate surface area is 95.8 Å². The van der Waals surface area contributed by atoms with E-state index < -0.39 is 6.09 Å². The van der Waals surface area contributed by atoms with Crippen LogP contribution in [0.25, 0.3) is 0 Å². The van der Waals surface area contributed by atoms with Gasteiger partial charge in [-0.3, -0.25) is 0 Å². The van der Waals surface area contributed by atoms with Crippen molar-refractivity contribution in [3.05, 3.63) is 29.8 Å². The van der Waals surface area contributed by atoms with E-state index in [4.69, 9.17) is 4.74 Å². The molecule has 86 valence electrons. The molecule has 1 fully saturated rings. The first kappa shape index (κ1) is 11.0. The molecule has 1 aromatic carbocycles. The van der Waals surface area contributed by atoms with Crippen LogP contribution in [0.4, 0.5) is 4.79 Å². The highest BCUT2D eigenvalue weighted by Gasteiger charge is 2.21. The third kappa shape index (κ3) is 2.35. The van der Waals surface area contributed by atoms with Gasteiger partial charge in [0.1, 0.15) is 5.75 Å². The second-order valence-electron chi connectivity index (χ2n) is 4.16. The standard InChI is InChI=1S/C13H17NO2/c1-14-13(15)16-12-9-5-4-8-11(12)10-6-2-3-7-10/h4-5,8-10H,2-3,6-7H2,1H3,(H,14,15). The van der Waals surface area contributed by atoms with Gasteiger partial charge >= 0.3 is 6.09 Å². The lowest BCUT2D eigenvalue weighted by atomic mass is 9.97. The summed E-state index contributed by atoms with van der Waals surface area (Å²) < 4.78 is 5.26. The van der Waals surface area contributed by atoms with Crippen molar-refractivity contribution in [3.63, 3.8) is 0 Å². The van der Waals surface area contributed by atoms with Gasteiger partial charge in [-0.2, -0.15) is 0 Å². The lowest BCUT2D eigenvalue weighted by molar-refractivity contribution is 0.202. The first-order valence-corrected chi connectivity index (χ1v) is 5.79. The molecule has 0 atom stereocenters. The van der Waals surface area contributed by atoms with E-state index >= 15 is 0 Å². The number of carbonyl (C=O) groups is 1. The second-order valence-corrected chi connectivity index (χ2v) is 4.16. The molecule has 0 spiro atoms. The molecule has 2 rings (SSSR count). The minimum Gasteiger partial charge on any atom is -0.410 e. The fourth-order valence-electron chi connectivity index (χ4n) is 2.30. The molecule has 16 heavy (non-hydrogen) atoms. The molecular formula is C13H17NO2. The minimum absolute atomic E-state index is 0.398. The van der Waals surface area contributed by atoms with Crippen LogP contribution in [0.1, 0.15) is 37.2 Å². The average Bonchev–Trinajstić information content (AvgIpc) is 2.83. The number of benzene rings is 1. The number of amides is 1. The van der Waals surface area contributed by atoms with Crippen molar-refractivity contribution < 1.29 is 9.53 Å². The molecular weight excluding hydrogens is 202 g/mol. The van der Waals surface area contributed by atoms with Crippen molar-refractivity contribution in [2.45, 2.75) is 31.6 Å². The van der Waals surface area contributed by atoms with E-state index in [0.717, 1.165) is 0 Å². The molecule has 1 amide bonds. The molecule has 1 aliphatic rings. The molecule has 0 aliphatic heterocycles. The van der Waals surface area contributed by atoms with Crippen molar-refractivity contribution in [2.24, 2.45) is 0 Å². The summed E-state index contributed by atoms with van der Waals surface area (Å²) in [6, 6.07) is 7.83. The summed E-state index contributed by atoms with van der Waals surface area (Å²) >= 11 is 0. The Kier molecular flexibility index (Phi) is 3.44. The van der Waals surface area contributed by atoms with Crippen molar-refractivity contribution in [2.75, 3.05) is 7.05 Å². The van der Waals surface area contributed by atoms with Gasteiger partial charge in [0.25, 0.3) is 0 Å². The van der Waals surface area contributed by atoms with Crippen molar-refractivity contribution in [1.29, 1.82) is 0 Å². The topological polar surface area (TPSA) is 38.3 Å². The molecule has 0 heterocycles. The van der Waals surface area contributed by atoms with Crippen LogP contribution in [0.3, 0.4) is 0 Å². The first-order chi connectivity index (χ1) is 7.81. The van der Waals surface area contributed by atoms with Gasteiger partial charge in [-0.15, -0.1) is 0 Å². The lowest BCUT2D eigenvalue weighted by Gasteiger charge is -2.14. The van der Waals surface area contributed by atoms with E-state index in [1.54, 1.807) is 7.05 Å². The van der Waals surface area contributed by atoms with Gasteiger partial charge in [0.2, 0.25) is 0 Å². The van der Waals surface area contributed by atoms with Crippen LogP contribution >= 0.6 is 0 Å². The molecule has 0 saturated heterocycles. The highest BCUT2D eigenvalue weighted by molar-refractivity contribution is 5.70. The van der Waals surface area contributed by atoms with Crippen LogP contribution in [0.5, 0.6) is 5.75 Å². The summed E-state index contributed by atoms with van der Waals surface area (Å²) in [5, 5.41) is 2.47. The smallest absolute Gasteiger partial charge is 0.410 e. The zero-order valence-electron chi connectivity index (χ0n) is 9.53. The molecule has 3 nitrogen and oxygen atoms in total. The third-order valence-electron chi connectivity index (χ3n) is 3.12. The number of ether oxygens (including phenoxy) is 1. The molecule has 3 heteroatoms. The Morgan fingerprint density at radius 2 is 2.00 bits per heavy atom. The summed E-state index contributed by atoms with van der Waals surface area (Å²) in [6.07, 6.45) is 4.56. The van der Waals surface area contributed by atoms with Crippen LogP contribution in [0.2, 0.25) is 0 Å². The second kappa shape index (κ2) is 5.01. The van der Waals surface area contributed by atoms with Crippen LogP contribution in [0.15, 0.2) is 24.3 Å². The highest BCUT2D eigenvalue weighted by atomic mass is 16.6. The van der Waals surface area contributed by atoms with E-state index in [2.05, 4.69) is 11.4 Å². The van der Waals surface area contributed by atoms with Crippen LogP contribution in [-0.2, 0) is 0 Å². The van der Waals surface area contributed by atoms with Gasteiger partial charge in [-0.1, -0.05) is 31.0 Å². The molecule has 0 aromatic heterocycles. The number of hydrogen-bond donors (Lipinski definition) is 1. The Bertz CT molecular complexity index is 370.